The van der Waals surface area contributed by atoms with Crippen molar-refractivity contribution < 1.29 is 9.53 Å². The number of nitrogens with zero attached hydrogens (tertiary/aromatic N) is 1. The highest BCUT2D eigenvalue weighted by molar-refractivity contribution is 5.97. The molecule has 0 aromatic heterocycles. The molecule has 1 aromatic carbocycles. The van der Waals surface area contributed by atoms with Gasteiger partial charge in [-0.15, -0.1) is 0 Å². The highest BCUT2D eigenvalue weighted by Crippen LogP contribution is 2.30. The average Bonchev–Trinajstić information content (AvgIpc) is 2.83. The third-order valence-corrected chi connectivity index (χ3v) is 3.66. The van der Waals surface area contributed by atoms with Gasteiger partial charge in [-0.2, -0.15) is 0 Å². The quantitative estimate of drug-likeness (QED) is 0.740. The molecule has 0 spiro atoms. The van der Waals surface area contributed by atoms with Crippen LogP contribution in [0.4, 0.5) is 5.69 Å². The monoisotopic (exact) mass is 231 g/mol. The molecular weight excluding hydrogens is 214 g/mol. The molecule has 0 saturated carbocycles. The Kier molecular flexibility index (Phi) is 2.85. The molecule has 90 valence electrons. The van der Waals surface area contributed by atoms with Gasteiger partial charge < -0.3 is 9.64 Å². The van der Waals surface area contributed by atoms with E-state index >= 15 is 0 Å². The fourth-order valence-corrected chi connectivity index (χ4v) is 2.72. The fraction of sp³-hybridized carbons (Fsp3) is 0.500. The molecule has 1 fully saturated rings. The summed E-state index contributed by atoms with van der Waals surface area (Å²) in [4.78, 5) is 14.3. The lowest BCUT2D eigenvalue weighted by atomic mass is 10.0. The van der Waals surface area contributed by atoms with Crippen molar-refractivity contribution in [2.75, 3.05) is 24.7 Å². The van der Waals surface area contributed by atoms with Crippen LogP contribution in [0.5, 0.6) is 0 Å². The smallest absolute Gasteiger partial charge is 0.232 e. The number of para-hydroxylation sites is 1. The number of carbonyl (C=O) groups excluding carboxylic acids is 1. The zero-order valence-corrected chi connectivity index (χ0v) is 9.89. The molecule has 1 aromatic rings. The van der Waals surface area contributed by atoms with Crippen molar-refractivity contribution in [1.29, 1.82) is 0 Å². The second-order valence-corrected chi connectivity index (χ2v) is 4.78. The van der Waals surface area contributed by atoms with Gasteiger partial charge in [0.05, 0.1) is 12.5 Å². The van der Waals surface area contributed by atoms with E-state index in [0.29, 0.717) is 6.61 Å². The van der Waals surface area contributed by atoms with Gasteiger partial charge in [0, 0.05) is 18.8 Å². The van der Waals surface area contributed by atoms with Crippen LogP contribution >= 0.6 is 0 Å². The van der Waals surface area contributed by atoms with Gasteiger partial charge in [-0.3, -0.25) is 4.79 Å². The van der Waals surface area contributed by atoms with Crippen molar-refractivity contribution in [2.24, 2.45) is 5.92 Å². The Hall–Kier alpha value is -1.35. The number of hydrogen-bond donors (Lipinski definition) is 0. The molecule has 1 unspecified atom stereocenters. The van der Waals surface area contributed by atoms with E-state index < -0.39 is 0 Å². The lowest BCUT2D eigenvalue weighted by Crippen LogP contribution is -2.38. The first-order valence-corrected chi connectivity index (χ1v) is 6.33. The standard InChI is InChI=1S/C14H17NO2/c16-14(12-5-3-9-17-10-12)15-8-7-11-4-1-2-6-13(11)15/h1-2,4,6,12H,3,5,7-10H2. The first-order chi connectivity index (χ1) is 8.36. The Bertz CT molecular complexity index is 424. The van der Waals surface area contributed by atoms with E-state index in [9.17, 15) is 4.79 Å². The molecule has 17 heavy (non-hydrogen) atoms. The number of benzene rings is 1. The summed E-state index contributed by atoms with van der Waals surface area (Å²) in [5, 5.41) is 0. The summed E-state index contributed by atoms with van der Waals surface area (Å²) in [6.45, 7) is 2.23. The van der Waals surface area contributed by atoms with Crippen LogP contribution in [-0.2, 0) is 16.0 Å². The summed E-state index contributed by atoms with van der Waals surface area (Å²) in [7, 11) is 0. The van der Waals surface area contributed by atoms with E-state index in [1.54, 1.807) is 0 Å². The fourth-order valence-electron chi connectivity index (χ4n) is 2.72. The molecule has 1 saturated heterocycles. The molecular formula is C14H17NO2. The van der Waals surface area contributed by atoms with Crippen LogP contribution in [0.15, 0.2) is 24.3 Å². The molecule has 1 amide bonds. The highest BCUT2D eigenvalue weighted by Gasteiger charge is 2.30. The van der Waals surface area contributed by atoms with Gasteiger partial charge in [-0.25, -0.2) is 0 Å². The van der Waals surface area contributed by atoms with Crippen LogP contribution in [0.3, 0.4) is 0 Å². The van der Waals surface area contributed by atoms with Crippen LogP contribution in [-0.4, -0.2) is 25.7 Å². The molecule has 2 aliphatic rings. The zero-order chi connectivity index (χ0) is 11.7. The van der Waals surface area contributed by atoms with Gasteiger partial charge in [-0.05, 0) is 30.9 Å². The molecule has 0 radical (unpaired) electrons. The molecule has 2 heterocycles. The normalized spacial score (nSPS) is 23.5. The van der Waals surface area contributed by atoms with Crippen molar-refractivity contribution in [2.45, 2.75) is 19.3 Å². The maximum Gasteiger partial charge on any atom is 0.232 e. The first-order valence-electron chi connectivity index (χ1n) is 6.33. The zero-order valence-electron chi connectivity index (χ0n) is 9.89. The van der Waals surface area contributed by atoms with Gasteiger partial charge >= 0.3 is 0 Å². The van der Waals surface area contributed by atoms with Gasteiger partial charge in [0.25, 0.3) is 0 Å². The van der Waals surface area contributed by atoms with Crippen LogP contribution in [0.1, 0.15) is 18.4 Å². The number of carbonyl (C=O) groups is 1. The Morgan fingerprint density at radius 3 is 3.06 bits per heavy atom. The van der Waals surface area contributed by atoms with Crippen molar-refractivity contribution in [3.05, 3.63) is 29.8 Å². The third kappa shape index (κ3) is 1.95. The predicted molar refractivity (Wildman–Crippen MR) is 66.0 cm³/mol. The highest BCUT2D eigenvalue weighted by atomic mass is 16.5. The SMILES string of the molecule is O=C(C1CCCOC1)N1CCc2ccccc21. The minimum atomic E-state index is 0.0647. The summed E-state index contributed by atoms with van der Waals surface area (Å²) in [6.07, 6.45) is 2.96. The van der Waals surface area contributed by atoms with Crippen LogP contribution in [0.2, 0.25) is 0 Å². The van der Waals surface area contributed by atoms with E-state index in [1.807, 2.05) is 23.1 Å². The average molecular weight is 231 g/mol. The lowest BCUT2D eigenvalue weighted by Gasteiger charge is -2.26. The summed E-state index contributed by atoms with van der Waals surface area (Å²) in [5.74, 6) is 0.310. The van der Waals surface area contributed by atoms with Crippen LogP contribution in [0, 0.1) is 5.92 Å². The molecule has 0 bridgehead atoms. The largest absolute Gasteiger partial charge is 0.381 e. The minimum Gasteiger partial charge on any atom is -0.381 e. The first kappa shape index (κ1) is 10.8. The Labute approximate surface area is 101 Å². The maximum atomic E-state index is 12.4. The topological polar surface area (TPSA) is 29.5 Å². The molecule has 1 atom stereocenters. The van der Waals surface area contributed by atoms with E-state index in [2.05, 4.69) is 6.07 Å². The third-order valence-electron chi connectivity index (χ3n) is 3.66. The Balaban J connectivity index is 1.79. The van der Waals surface area contributed by atoms with Crippen LogP contribution < -0.4 is 4.90 Å². The molecule has 2 aliphatic heterocycles. The number of anilines is 1. The molecule has 3 rings (SSSR count). The maximum absolute atomic E-state index is 12.4. The Morgan fingerprint density at radius 1 is 1.35 bits per heavy atom. The van der Waals surface area contributed by atoms with E-state index in [4.69, 9.17) is 4.74 Å². The van der Waals surface area contributed by atoms with Gasteiger partial charge in [-0.1, -0.05) is 18.2 Å². The Morgan fingerprint density at radius 2 is 2.24 bits per heavy atom. The summed E-state index contributed by atoms with van der Waals surface area (Å²) in [5.41, 5.74) is 2.39. The molecule has 0 N–H and O–H groups in total. The van der Waals surface area contributed by atoms with E-state index in [0.717, 1.165) is 38.1 Å². The number of hydrogen-bond acceptors (Lipinski definition) is 2. The van der Waals surface area contributed by atoms with Crippen molar-refractivity contribution >= 4 is 11.6 Å². The van der Waals surface area contributed by atoms with Gasteiger partial charge in [0.1, 0.15) is 0 Å². The second kappa shape index (κ2) is 4.49. The summed E-state index contributed by atoms with van der Waals surface area (Å²) >= 11 is 0. The van der Waals surface area contributed by atoms with Gasteiger partial charge in [0.2, 0.25) is 5.91 Å². The van der Waals surface area contributed by atoms with Crippen molar-refractivity contribution in [3.8, 4) is 0 Å². The number of amides is 1. The van der Waals surface area contributed by atoms with E-state index in [-0.39, 0.29) is 11.8 Å². The van der Waals surface area contributed by atoms with Gasteiger partial charge in [0.15, 0.2) is 0 Å². The molecule has 3 heteroatoms. The van der Waals surface area contributed by atoms with E-state index in [1.165, 1.54) is 5.56 Å². The second-order valence-electron chi connectivity index (χ2n) is 4.78. The van der Waals surface area contributed by atoms with Crippen molar-refractivity contribution in [3.63, 3.8) is 0 Å². The number of fused-ring (bicyclic) bond motifs is 1. The number of ether oxygens (including phenoxy) is 1. The predicted octanol–water partition coefficient (Wildman–Crippen LogP) is 2.00. The minimum absolute atomic E-state index is 0.0647. The molecule has 3 nitrogen and oxygen atoms in total. The van der Waals surface area contributed by atoms with Crippen molar-refractivity contribution in [1.82, 2.24) is 0 Å². The number of rotatable bonds is 1. The van der Waals surface area contributed by atoms with Crippen LogP contribution in [0.25, 0.3) is 0 Å². The summed E-state index contributed by atoms with van der Waals surface area (Å²) < 4.78 is 5.40. The molecule has 0 aliphatic carbocycles. The summed E-state index contributed by atoms with van der Waals surface area (Å²) in [6, 6.07) is 8.20. The lowest BCUT2D eigenvalue weighted by molar-refractivity contribution is -0.126.